The number of ether oxygens (including phenoxy) is 1. The monoisotopic (exact) mass is 370 g/mol. The van der Waals surface area contributed by atoms with Crippen LogP contribution in [0.3, 0.4) is 0 Å². The highest BCUT2D eigenvalue weighted by Crippen LogP contribution is 2.31. The summed E-state index contributed by atoms with van der Waals surface area (Å²) in [4.78, 5) is 26.3. The Morgan fingerprint density at radius 2 is 1.62 bits per heavy atom. The molecule has 0 unspecified atom stereocenters. The van der Waals surface area contributed by atoms with Gasteiger partial charge in [-0.25, -0.2) is 4.90 Å². The Balaban J connectivity index is 1.82. The molecule has 6 heteroatoms. The van der Waals surface area contributed by atoms with Crippen molar-refractivity contribution in [2.24, 2.45) is 0 Å². The summed E-state index contributed by atoms with van der Waals surface area (Å²) in [6.07, 6.45) is 0.923. The molecule has 0 fully saturated rings. The summed E-state index contributed by atoms with van der Waals surface area (Å²) in [6.45, 7) is 4.49. The molecule has 1 aliphatic heterocycles. The van der Waals surface area contributed by atoms with Gasteiger partial charge in [-0.1, -0.05) is 30.7 Å². The molecule has 0 saturated heterocycles. The zero-order valence-corrected chi connectivity index (χ0v) is 15.3. The van der Waals surface area contributed by atoms with Gasteiger partial charge in [0.05, 0.1) is 12.3 Å². The molecule has 1 aliphatic rings. The maximum atomic E-state index is 12.7. The quantitative estimate of drug-likeness (QED) is 0.778. The lowest BCUT2D eigenvalue weighted by molar-refractivity contribution is -0.120. The average Bonchev–Trinajstić information content (AvgIpc) is 2.87. The van der Waals surface area contributed by atoms with E-state index < -0.39 is 11.8 Å². The van der Waals surface area contributed by atoms with Crippen LogP contribution < -0.4 is 15.0 Å². The van der Waals surface area contributed by atoms with E-state index in [2.05, 4.69) is 12.2 Å². The highest BCUT2D eigenvalue weighted by Gasteiger charge is 2.38. The lowest BCUT2D eigenvalue weighted by atomic mass is 10.1. The van der Waals surface area contributed by atoms with Crippen LogP contribution in [0.4, 0.5) is 11.4 Å². The van der Waals surface area contributed by atoms with Gasteiger partial charge in [0, 0.05) is 5.69 Å². The number of amides is 2. The smallest absolute Gasteiger partial charge is 0.283 e. The molecule has 0 radical (unpaired) electrons. The topological polar surface area (TPSA) is 58.6 Å². The van der Waals surface area contributed by atoms with Crippen LogP contribution in [-0.2, 0) is 16.0 Å². The van der Waals surface area contributed by atoms with Gasteiger partial charge in [-0.05, 0) is 55.3 Å². The Morgan fingerprint density at radius 3 is 2.19 bits per heavy atom. The Labute approximate surface area is 157 Å². The van der Waals surface area contributed by atoms with Crippen LogP contribution in [0.5, 0.6) is 5.75 Å². The maximum absolute atomic E-state index is 12.7. The van der Waals surface area contributed by atoms with Gasteiger partial charge in [0.2, 0.25) is 0 Å². The predicted octanol–water partition coefficient (Wildman–Crippen LogP) is 4.08. The van der Waals surface area contributed by atoms with Gasteiger partial charge in [0.1, 0.15) is 16.5 Å². The van der Waals surface area contributed by atoms with Crippen LogP contribution in [0.25, 0.3) is 0 Å². The number of benzene rings is 2. The molecule has 0 atom stereocenters. The molecule has 0 bridgehead atoms. The van der Waals surface area contributed by atoms with E-state index in [1.165, 1.54) is 5.56 Å². The van der Waals surface area contributed by atoms with Crippen LogP contribution in [-0.4, -0.2) is 18.4 Å². The first-order chi connectivity index (χ1) is 12.5. The fourth-order valence-electron chi connectivity index (χ4n) is 2.67. The Hall–Kier alpha value is -2.79. The fraction of sp³-hybridized carbons (Fsp3) is 0.200. The Bertz CT molecular complexity index is 858. The summed E-state index contributed by atoms with van der Waals surface area (Å²) in [5.74, 6) is -0.360. The number of carbonyl (C=O) groups excluding carboxylic acids is 2. The highest BCUT2D eigenvalue weighted by atomic mass is 35.5. The lowest BCUT2D eigenvalue weighted by Gasteiger charge is -2.15. The van der Waals surface area contributed by atoms with Crippen molar-refractivity contribution in [2.45, 2.75) is 20.3 Å². The first kappa shape index (κ1) is 18.0. The third-order valence-corrected chi connectivity index (χ3v) is 4.42. The molecule has 2 aromatic carbocycles. The van der Waals surface area contributed by atoms with Gasteiger partial charge < -0.3 is 10.1 Å². The number of hydrogen-bond donors (Lipinski definition) is 1. The normalized spacial score (nSPS) is 14.2. The second-order valence-corrected chi connectivity index (χ2v) is 6.12. The molecule has 2 aromatic rings. The summed E-state index contributed by atoms with van der Waals surface area (Å²) in [5.41, 5.74) is 2.40. The fourth-order valence-corrected chi connectivity index (χ4v) is 2.88. The number of carbonyl (C=O) groups is 2. The van der Waals surface area contributed by atoms with Crippen LogP contribution in [0.15, 0.2) is 59.3 Å². The van der Waals surface area contributed by atoms with E-state index in [1.54, 1.807) is 24.3 Å². The molecular formula is C20H19ClN2O3. The summed E-state index contributed by atoms with van der Waals surface area (Å²) in [6, 6.07) is 14.4. The van der Waals surface area contributed by atoms with Crippen molar-refractivity contribution in [1.82, 2.24) is 0 Å². The van der Waals surface area contributed by atoms with Crippen LogP contribution in [0.2, 0.25) is 0 Å². The Morgan fingerprint density at radius 1 is 0.962 bits per heavy atom. The minimum atomic E-state index is -0.548. The highest BCUT2D eigenvalue weighted by molar-refractivity contribution is 6.53. The van der Waals surface area contributed by atoms with E-state index >= 15 is 0 Å². The van der Waals surface area contributed by atoms with Gasteiger partial charge in [-0.2, -0.15) is 0 Å². The summed E-state index contributed by atoms with van der Waals surface area (Å²) >= 11 is 6.14. The minimum absolute atomic E-state index is 0.0785. The number of nitrogens with one attached hydrogen (secondary N) is 1. The number of imide groups is 1. The molecule has 0 spiro atoms. The molecule has 0 aromatic heterocycles. The van der Waals surface area contributed by atoms with Crippen molar-refractivity contribution in [2.75, 3.05) is 16.8 Å². The zero-order chi connectivity index (χ0) is 18.7. The molecule has 2 amide bonds. The average molecular weight is 371 g/mol. The van der Waals surface area contributed by atoms with E-state index in [0.717, 1.165) is 11.3 Å². The number of halogens is 1. The van der Waals surface area contributed by atoms with Gasteiger partial charge in [0.15, 0.2) is 0 Å². The van der Waals surface area contributed by atoms with Crippen LogP contribution in [0, 0.1) is 0 Å². The molecule has 0 saturated carbocycles. The lowest BCUT2D eigenvalue weighted by Crippen LogP contribution is -2.32. The molecule has 5 nitrogen and oxygen atoms in total. The van der Waals surface area contributed by atoms with E-state index in [1.807, 2.05) is 31.2 Å². The Kier molecular flexibility index (Phi) is 5.28. The third-order valence-electron chi connectivity index (χ3n) is 4.06. The molecule has 26 heavy (non-hydrogen) atoms. The zero-order valence-electron chi connectivity index (χ0n) is 14.6. The predicted molar refractivity (Wildman–Crippen MR) is 102 cm³/mol. The third kappa shape index (κ3) is 3.44. The van der Waals surface area contributed by atoms with Gasteiger partial charge in [0.25, 0.3) is 11.8 Å². The number of hydrogen-bond acceptors (Lipinski definition) is 4. The number of anilines is 2. The van der Waals surface area contributed by atoms with Crippen molar-refractivity contribution in [3.63, 3.8) is 0 Å². The maximum Gasteiger partial charge on any atom is 0.283 e. The van der Waals surface area contributed by atoms with Crippen LogP contribution >= 0.6 is 11.6 Å². The number of nitrogens with zero attached hydrogens (tertiary/aromatic N) is 1. The largest absolute Gasteiger partial charge is 0.494 e. The van der Waals surface area contributed by atoms with Crippen molar-refractivity contribution in [3.8, 4) is 5.75 Å². The number of aryl methyl sites for hydroxylation is 1. The standard InChI is InChI=1S/C20H19ClN2O3/c1-3-13-5-7-14(8-6-13)22-18-17(21)19(24)23(20(18)25)15-9-11-16(12-10-15)26-4-2/h5-12,22H,3-4H2,1-2H3. The number of rotatable bonds is 6. The van der Waals surface area contributed by atoms with E-state index in [-0.39, 0.29) is 10.7 Å². The van der Waals surface area contributed by atoms with Crippen molar-refractivity contribution in [1.29, 1.82) is 0 Å². The van der Waals surface area contributed by atoms with Gasteiger partial charge in [-0.15, -0.1) is 0 Å². The first-order valence-corrected chi connectivity index (χ1v) is 8.80. The summed E-state index contributed by atoms with van der Waals surface area (Å²) in [5, 5.41) is 2.84. The van der Waals surface area contributed by atoms with Gasteiger partial charge in [-0.3, -0.25) is 9.59 Å². The molecular weight excluding hydrogens is 352 g/mol. The van der Waals surface area contributed by atoms with E-state index in [9.17, 15) is 9.59 Å². The van der Waals surface area contributed by atoms with E-state index in [0.29, 0.717) is 23.7 Å². The molecule has 1 heterocycles. The second kappa shape index (κ2) is 7.62. The molecule has 134 valence electrons. The second-order valence-electron chi connectivity index (χ2n) is 5.74. The van der Waals surface area contributed by atoms with Crippen LogP contribution in [0.1, 0.15) is 19.4 Å². The molecule has 3 rings (SSSR count). The SMILES string of the molecule is CCOc1ccc(N2C(=O)C(Cl)=C(Nc3ccc(CC)cc3)C2=O)cc1. The summed E-state index contributed by atoms with van der Waals surface area (Å²) in [7, 11) is 0. The molecule has 0 aliphatic carbocycles. The van der Waals surface area contributed by atoms with Gasteiger partial charge >= 0.3 is 0 Å². The summed E-state index contributed by atoms with van der Waals surface area (Å²) < 4.78 is 5.38. The first-order valence-electron chi connectivity index (χ1n) is 8.42. The van der Waals surface area contributed by atoms with Crippen molar-refractivity contribution in [3.05, 3.63) is 64.8 Å². The van der Waals surface area contributed by atoms with Crippen molar-refractivity contribution < 1.29 is 14.3 Å². The molecule has 1 N–H and O–H groups in total. The van der Waals surface area contributed by atoms with Crippen molar-refractivity contribution >= 4 is 34.8 Å². The van der Waals surface area contributed by atoms with E-state index in [4.69, 9.17) is 16.3 Å². The minimum Gasteiger partial charge on any atom is -0.494 e.